The number of nitrogens with one attached hydrogen (secondary N) is 2. The smallest absolute Gasteiger partial charge is 0.253 e. The van der Waals surface area contributed by atoms with Crippen molar-refractivity contribution < 1.29 is 9.90 Å². The molecule has 1 amide bonds. The number of allylic oxidation sites excluding steroid dienone is 1. The highest BCUT2D eigenvalue weighted by Crippen LogP contribution is 2.28. The van der Waals surface area contributed by atoms with Gasteiger partial charge in [0.25, 0.3) is 5.91 Å². The van der Waals surface area contributed by atoms with Gasteiger partial charge in [0.05, 0.1) is 23.6 Å². The van der Waals surface area contributed by atoms with Crippen molar-refractivity contribution in [2.24, 2.45) is 4.99 Å². The van der Waals surface area contributed by atoms with Crippen molar-refractivity contribution in [1.82, 2.24) is 15.3 Å². The molecule has 0 fully saturated rings. The van der Waals surface area contributed by atoms with Gasteiger partial charge in [-0.15, -0.1) is 0 Å². The normalized spacial score (nSPS) is 14.1. The number of H-pyrrole nitrogens is 1. The molecule has 3 rings (SSSR count). The first-order valence-electron chi connectivity index (χ1n) is 9.78. The van der Waals surface area contributed by atoms with Gasteiger partial charge in [0.1, 0.15) is 0 Å². The van der Waals surface area contributed by atoms with E-state index in [2.05, 4.69) is 25.1 Å². The van der Waals surface area contributed by atoms with Crippen LogP contribution in [-0.4, -0.2) is 33.2 Å². The molecule has 0 saturated carbocycles. The Balaban J connectivity index is 1.84. The van der Waals surface area contributed by atoms with Crippen LogP contribution >= 0.6 is 0 Å². The first-order chi connectivity index (χ1) is 15.0. The lowest BCUT2D eigenvalue weighted by molar-refractivity contribution is -0.117. The molecule has 0 spiro atoms. The van der Waals surface area contributed by atoms with E-state index in [1.165, 1.54) is 0 Å². The number of hydrogen-bond acceptors (Lipinski definition) is 4. The predicted molar refractivity (Wildman–Crippen MR) is 121 cm³/mol. The monoisotopic (exact) mass is 413 g/mol. The van der Waals surface area contributed by atoms with E-state index in [9.17, 15) is 9.90 Å². The van der Waals surface area contributed by atoms with Crippen LogP contribution in [0.3, 0.4) is 0 Å². The Bertz CT molecular complexity index is 1170. The van der Waals surface area contributed by atoms with Crippen molar-refractivity contribution in [2.75, 3.05) is 6.54 Å². The lowest BCUT2D eigenvalue weighted by Gasteiger charge is -2.07. The van der Waals surface area contributed by atoms with Crippen molar-refractivity contribution in [1.29, 1.82) is 0 Å². The minimum atomic E-state index is -0.194. The van der Waals surface area contributed by atoms with Gasteiger partial charge in [-0.3, -0.25) is 14.8 Å². The third kappa shape index (κ3) is 5.46. The van der Waals surface area contributed by atoms with Gasteiger partial charge in [-0.05, 0) is 37.6 Å². The summed E-state index contributed by atoms with van der Waals surface area (Å²) in [5, 5.41) is 13.3. The van der Waals surface area contributed by atoms with Crippen LogP contribution in [-0.2, 0) is 11.2 Å². The van der Waals surface area contributed by atoms with E-state index in [4.69, 9.17) is 6.57 Å². The molecule has 2 aromatic rings. The maximum Gasteiger partial charge on any atom is 0.253 e. The van der Waals surface area contributed by atoms with Crippen LogP contribution in [0.25, 0.3) is 10.9 Å². The van der Waals surface area contributed by atoms with Crippen LogP contribution in [0, 0.1) is 6.57 Å². The fourth-order valence-electron chi connectivity index (χ4n) is 3.14. The van der Waals surface area contributed by atoms with Gasteiger partial charge in [-0.2, -0.15) is 0 Å². The zero-order chi connectivity index (χ0) is 22.2. The van der Waals surface area contributed by atoms with Crippen molar-refractivity contribution >= 4 is 23.4 Å². The highest BCUT2D eigenvalue weighted by atomic mass is 16.3. The molecule has 3 heterocycles. The lowest BCUT2D eigenvalue weighted by Crippen LogP contribution is -2.29. The van der Waals surface area contributed by atoms with Gasteiger partial charge < -0.3 is 15.4 Å². The van der Waals surface area contributed by atoms with Gasteiger partial charge in [0.2, 0.25) is 0 Å². The summed E-state index contributed by atoms with van der Waals surface area (Å²) in [4.78, 5) is 27.7. The van der Waals surface area contributed by atoms with Crippen molar-refractivity contribution in [3.8, 4) is 5.88 Å². The molecule has 2 aromatic heterocycles. The largest absolute Gasteiger partial charge is 0.494 e. The van der Waals surface area contributed by atoms with Gasteiger partial charge in [-0.25, -0.2) is 4.85 Å². The number of nitrogens with zero attached hydrogens (tertiary/aromatic N) is 3. The molecule has 0 aromatic carbocycles. The number of carbonyl (C=O) groups is 1. The molecular formula is C24H23N5O2. The zero-order valence-electron chi connectivity index (χ0n) is 17.4. The fourth-order valence-corrected chi connectivity index (χ4v) is 3.14. The van der Waals surface area contributed by atoms with E-state index in [-0.39, 0.29) is 11.8 Å². The highest BCUT2D eigenvalue weighted by molar-refractivity contribution is 6.24. The molecule has 1 aliphatic rings. The van der Waals surface area contributed by atoms with Crippen LogP contribution in [0.4, 0.5) is 5.69 Å². The van der Waals surface area contributed by atoms with E-state index in [1.54, 1.807) is 49.7 Å². The van der Waals surface area contributed by atoms with Gasteiger partial charge in [0, 0.05) is 36.6 Å². The number of pyridine rings is 1. The number of rotatable bonds is 5. The van der Waals surface area contributed by atoms with Crippen LogP contribution < -0.4 is 5.32 Å². The molecule has 0 bridgehead atoms. The molecule has 0 radical (unpaired) electrons. The third-order valence-corrected chi connectivity index (χ3v) is 4.74. The second-order valence-electron chi connectivity index (χ2n) is 6.90. The van der Waals surface area contributed by atoms with Crippen molar-refractivity contribution in [3.63, 3.8) is 0 Å². The molecule has 31 heavy (non-hydrogen) atoms. The lowest BCUT2D eigenvalue weighted by atomic mass is 10.0. The average molecular weight is 413 g/mol. The summed E-state index contributed by atoms with van der Waals surface area (Å²) in [5.74, 6) is -0.269. The number of aromatic nitrogens is 2. The van der Waals surface area contributed by atoms with E-state index in [0.29, 0.717) is 41.2 Å². The maximum atomic E-state index is 12.8. The number of aromatic amines is 1. The number of aromatic hydroxyl groups is 1. The molecule has 1 aliphatic heterocycles. The summed E-state index contributed by atoms with van der Waals surface area (Å²) < 4.78 is 0. The summed E-state index contributed by atoms with van der Waals surface area (Å²) in [5.41, 5.74) is 4.22. The minimum absolute atomic E-state index is 0.0754. The molecular weight excluding hydrogens is 390 g/mol. The number of aliphatic imine (C=N–C) groups is 1. The van der Waals surface area contributed by atoms with E-state index >= 15 is 0 Å². The standard InChI is InChI=1S/C24H23N5O2/c1-16-21(15-18-9-10-19(25-3)8-6-13-27-23(18)30)29-17(2)22(16)24(31)28-14-11-20-7-4-5-12-26-20/h4-10,12-13,15,27,30H,11,14H2,1-2H3,(H,28,31)/b10-9?,13-6?,19-8?,21-15-,23-18?. The van der Waals surface area contributed by atoms with Crippen LogP contribution in [0.15, 0.2) is 76.7 Å². The quantitative estimate of drug-likeness (QED) is 0.639. The van der Waals surface area contributed by atoms with Gasteiger partial charge in [0.15, 0.2) is 11.6 Å². The Labute approximate surface area is 181 Å². The van der Waals surface area contributed by atoms with Crippen LogP contribution in [0.2, 0.25) is 0 Å². The first-order valence-corrected chi connectivity index (χ1v) is 9.78. The van der Waals surface area contributed by atoms with Crippen molar-refractivity contribution in [3.05, 3.63) is 94.4 Å². The Morgan fingerprint density at radius 3 is 2.81 bits per heavy atom. The summed E-state index contributed by atoms with van der Waals surface area (Å²) in [7, 11) is 0. The molecule has 3 N–H and O–H groups in total. The molecule has 7 heteroatoms. The molecule has 0 saturated heterocycles. The van der Waals surface area contributed by atoms with E-state index < -0.39 is 0 Å². The van der Waals surface area contributed by atoms with Crippen LogP contribution in [0.1, 0.15) is 25.1 Å². The van der Waals surface area contributed by atoms with E-state index in [1.807, 2.05) is 25.1 Å². The second kappa shape index (κ2) is 10.0. The Morgan fingerprint density at radius 2 is 2.06 bits per heavy atom. The fraction of sp³-hybridized carbons (Fsp3) is 0.167. The Hall–Kier alpha value is -4.18. The summed E-state index contributed by atoms with van der Waals surface area (Å²) >= 11 is 0. The number of hydrogen-bond donors (Lipinski definition) is 3. The molecule has 156 valence electrons. The molecule has 0 aliphatic carbocycles. The zero-order valence-corrected chi connectivity index (χ0v) is 17.4. The van der Waals surface area contributed by atoms with Gasteiger partial charge in [-0.1, -0.05) is 30.3 Å². The Kier molecular flexibility index (Phi) is 6.97. The van der Waals surface area contributed by atoms with Gasteiger partial charge >= 0.3 is 0 Å². The summed E-state index contributed by atoms with van der Waals surface area (Å²) in [6.07, 6.45) is 5.59. The summed E-state index contributed by atoms with van der Waals surface area (Å²) in [6, 6.07) is 12.2. The molecule has 0 unspecified atom stereocenters. The molecule has 7 nitrogen and oxygen atoms in total. The van der Waals surface area contributed by atoms with Crippen molar-refractivity contribution in [2.45, 2.75) is 20.3 Å². The highest BCUT2D eigenvalue weighted by Gasteiger charge is 2.23. The number of amides is 1. The average Bonchev–Trinajstić information content (AvgIpc) is 3.09. The first kappa shape index (κ1) is 21.5. The Morgan fingerprint density at radius 1 is 1.23 bits per heavy atom. The van der Waals surface area contributed by atoms with E-state index in [0.717, 1.165) is 11.3 Å². The maximum absolute atomic E-state index is 12.8. The SMILES string of the molecule is [C-]#[N+]c1ccc[nH]c(O)c(/C=C2\N=C(C)C(C(=O)NCCc3ccccn3)=C2C)cc1. The van der Waals surface area contributed by atoms with Crippen LogP contribution in [0.5, 0.6) is 5.88 Å². The molecule has 0 atom stereocenters. The summed E-state index contributed by atoms with van der Waals surface area (Å²) in [6.45, 7) is 11.3. The second-order valence-corrected chi connectivity index (χ2v) is 6.90. The number of carbonyl (C=O) groups excluding carboxylic acids is 1. The predicted octanol–water partition coefficient (Wildman–Crippen LogP) is 4.28. The topological polar surface area (TPSA) is 94.7 Å². The minimum Gasteiger partial charge on any atom is -0.494 e. The third-order valence-electron chi connectivity index (χ3n) is 4.74.